The van der Waals surface area contributed by atoms with Gasteiger partial charge in [-0.1, -0.05) is 63.0 Å². The fraction of sp³-hybridized carbons (Fsp3) is 0.333. The number of halogens is 2. The smallest absolute Gasteiger partial charge is 0.227 e. The lowest BCUT2D eigenvalue weighted by atomic mass is 9.44. The largest absolute Gasteiger partial charge is 0.264 e. The Morgan fingerprint density at radius 3 is 1.64 bits per heavy atom. The summed E-state index contributed by atoms with van der Waals surface area (Å²) in [7, 11) is 0. The van der Waals surface area contributed by atoms with Crippen LogP contribution in [0.1, 0.15) is 36.3 Å². The minimum absolute atomic E-state index is 0.153. The third-order valence-electron chi connectivity index (χ3n) is 6.60. The molecule has 0 N–H and O–H groups in total. The summed E-state index contributed by atoms with van der Waals surface area (Å²) in [4.78, 5) is 11.9. The number of nitrogens with zero attached hydrogens (tertiary/aromatic N) is 5. The fourth-order valence-electron chi connectivity index (χ4n) is 5.28. The zero-order valence-electron chi connectivity index (χ0n) is 17.4. The molecule has 0 amide bonds. The Hall–Kier alpha value is -3.24. The summed E-state index contributed by atoms with van der Waals surface area (Å²) in [5, 5.41) is 54.0. The van der Waals surface area contributed by atoms with Crippen LogP contribution in [0.2, 0.25) is 0 Å². The summed E-state index contributed by atoms with van der Waals surface area (Å²) in [6, 6.07) is 20.1. The molecule has 0 radical (unpaired) electrons. The Bertz CT molecular complexity index is 1200. The molecule has 1 aliphatic rings. The molecule has 33 heavy (non-hydrogen) atoms. The van der Waals surface area contributed by atoms with Crippen LogP contribution in [-0.4, -0.2) is 11.0 Å². The molecule has 7 nitrogen and oxygen atoms in total. The quantitative estimate of drug-likeness (QED) is 0.337. The predicted molar refractivity (Wildman–Crippen MR) is 126 cm³/mol. The van der Waals surface area contributed by atoms with E-state index in [1.165, 1.54) is 0 Å². The molecule has 0 aliphatic heterocycles. The molecule has 4 atom stereocenters. The summed E-state index contributed by atoms with van der Waals surface area (Å²) >= 11 is 6.69. The minimum Gasteiger partial charge on any atom is -0.264 e. The van der Waals surface area contributed by atoms with E-state index >= 15 is 0 Å². The van der Waals surface area contributed by atoms with Crippen LogP contribution in [0.3, 0.4) is 0 Å². The van der Waals surface area contributed by atoms with Gasteiger partial charge in [-0.25, -0.2) is 0 Å². The average Bonchev–Trinajstić information content (AvgIpc) is 2.83. The molecule has 0 heterocycles. The van der Waals surface area contributed by atoms with Gasteiger partial charge < -0.3 is 0 Å². The van der Waals surface area contributed by atoms with Gasteiger partial charge in [0, 0.05) is 19.8 Å². The van der Waals surface area contributed by atoms with Gasteiger partial charge in [-0.3, -0.25) is 10.1 Å². The predicted octanol–water partition coefficient (Wildman–Crippen LogP) is 5.83. The lowest BCUT2D eigenvalue weighted by molar-refractivity contribution is -0.546. The first-order valence-corrected chi connectivity index (χ1v) is 11.6. The van der Waals surface area contributed by atoms with E-state index < -0.39 is 39.5 Å². The Morgan fingerprint density at radius 1 is 0.848 bits per heavy atom. The molecular formula is C24H17Br2N5O2. The fourth-order valence-corrected chi connectivity index (χ4v) is 5.81. The van der Waals surface area contributed by atoms with Gasteiger partial charge in [0.2, 0.25) is 6.04 Å². The molecule has 0 unspecified atom stereocenters. The molecule has 0 spiro atoms. The Labute approximate surface area is 208 Å². The van der Waals surface area contributed by atoms with Crippen molar-refractivity contribution in [2.75, 3.05) is 0 Å². The van der Waals surface area contributed by atoms with Crippen molar-refractivity contribution in [3.05, 3.63) is 78.7 Å². The maximum atomic E-state index is 12.5. The molecule has 2 aromatic rings. The number of rotatable bonds is 4. The first-order chi connectivity index (χ1) is 15.8. The highest BCUT2D eigenvalue weighted by atomic mass is 79.9. The van der Waals surface area contributed by atoms with Gasteiger partial charge in [-0.05, 0) is 41.8 Å². The second-order valence-electron chi connectivity index (χ2n) is 7.99. The van der Waals surface area contributed by atoms with Crippen LogP contribution >= 0.6 is 31.9 Å². The first kappa shape index (κ1) is 24.4. The van der Waals surface area contributed by atoms with E-state index in [-0.39, 0.29) is 6.42 Å². The Balaban J connectivity index is 2.49. The van der Waals surface area contributed by atoms with E-state index in [1.807, 2.05) is 12.1 Å². The minimum atomic E-state index is -2.05. The molecule has 0 saturated heterocycles. The summed E-state index contributed by atoms with van der Waals surface area (Å²) in [5.41, 5.74) is -3.13. The van der Waals surface area contributed by atoms with Gasteiger partial charge in [0.15, 0.2) is 10.8 Å². The van der Waals surface area contributed by atoms with Crippen LogP contribution in [0.15, 0.2) is 57.5 Å². The van der Waals surface area contributed by atoms with E-state index in [1.54, 1.807) is 55.5 Å². The topological polar surface area (TPSA) is 138 Å². The number of nitro groups is 1. The van der Waals surface area contributed by atoms with Gasteiger partial charge in [-0.2, -0.15) is 21.0 Å². The van der Waals surface area contributed by atoms with Crippen LogP contribution in [0.4, 0.5) is 0 Å². The van der Waals surface area contributed by atoms with Crippen LogP contribution in [0.25, 0.3) is 0 Å². The van der Waals surface area contributed by atoms with Crippen molar-refractivity contribution in [2.24, 2.45) is 16.7 Å². The molecule has 3 rings (SSSR count). The number of hydrogen-bond donors (Lipinski definition) is 0. The molecular weight excluding hydrogens is 550 g/mol. The number of nitriles is 4. The monoisotopic (exact) mass is 565 g/mol. The van der Waals surface area contributed by atoms with E-state index in [4.69, 9.17) is 0 Å². The van der Waals surface area contributed by atoms with Gasteiger partial charge in [0.1, 0.15) is 0 Å². The SMILES string of the molecule is CC[C@@H]1[C@H]([N+](=O)[O-])[C@@H](c2ccc(Br)cc2)C(C#N)(C#N)[C@@H](c2ccc(Br)cc2)C1(C#N)C#N. The molecule has 1 fully saturated rings. The van der Waals surface area contributed by atoms with Crippen molar-refractivity contribution in [3.63, 3.8) is 0 Å². The average molecular weight is 567 g/mol. The molecule has 2 aromatic carbocycles. The van der Waals surface area contributed by atoms with Gasteiger partial charge in [-0.15, -0.1) is 0 Å². The summed E-state index contributed by atoms with van der Waals surface area (Å²) in [5.74, 6) is -3.37. The van der Waals surface area contributed by atoms with Crippen LogP contribution in [-0.2, 0) is 0 Å². The van der Waals surface area contributed by atoms with Gasteiger partial charge in [0.05, 0.1) is 36.1 Å². The van der Waals surface area contributed by atoms with Crippen molar-refractivity contribution in [1.82, 2.24) is 0 Å². The summed E-state index contributed by atoms with van der Waals surface area (Å²) < 4.78 is 1.47. The van der Waals surface area contributed by atoms with Crippen LogP contribution in [0, 0.1) is 72.2 Å². The van der Waals surface area contributed by atoms with E-state index in [0.29, 0.717) is 11.1 Å². The molecule has 0 aromatic heterocycles. The standard InChI is InChI=1S/C24H17Br2N5O2/c1-2-19-21(31(32)33)20(15-3-7-17(25)8-4-15)24(13-29,14-30)22(23(19,11-27)12-28)16-5-9-18(26)10-6-16/h3-10,19-22H,2H2,1H3/t19-,20-,21+,22+/m1/s1. The number of benzene rings is 2. The molecule has 9 heteroatoms. The van der Waals surface area contributed by atoms with Crippen molar-refractivity contribution >= 4 is 31.9 Å². The van der Waals surface area contributed by atoms with E-state index in [0.717, 1.165) is 8.95 Å². The maximum absolute atomic E-state index is 12.5. The summed E-state index contributed by atoms with van der Waals surface area (Å²) in [6.07, 6.45) is 0.153. The Kier molecular flexibility index (Phi) is 6.89. The van der Waals surface area contributed by atoms with Crippen molar-refractivity contribution in [2.45, 2.75) is 31.2 Å². The van der Waals surface area contributed by atoms with Crippen LogP contribution < -0.4 is 0 Å². The molecule has 164 valence electrons. The third-order valence-corrected chi connectivity index (χ3v) is 7.65. The highest BCUT2D eigenvalue weighted by molar-refractivity contribution is 9.10. The molecule has 0 bridgehead atoms. The first-order valence-electron chi connectivity index (χ1n) is 10.1. The van der Waals surface area contributed by atoms with Crippen molar-refractivity contribution in [3.8, 4) is 24.3 Å². The second-order valence-corrected chi connectivity index (χ2v) is 9.82. The van der Waals surface area contributed by atoms with Gasteiger partial charge >= 0.3 is 0 Å². The number of hydrogen-bond acceptors (Lipinski definition) is 6. The lowest BCUT2D eigenvalue weighted by Gasteiger charge is -2.51. The van der Waals surface area contributed by atoms with E-state index in [2.05, 4.69) is 44.0 Å². The molecule has 1 saturated carbocycles. The van der Waals surface area contributed by atoms with Gasteiger partial charge in [0.25, 0.3) is 0 Å². The highest BCUT2D eigenvalue weighted by Gasteiger charge is 2.72. The molecule has 1 aliphatic carbocycles. The second kappa shape index (κ2) is 9.32. The summed E-state index contributed by atoms with van der Waals surface area (Å²) in [6.45, 7) is 1.69. The zero-order chi connectivity index (χ0) is 24.4. The maximum Gasteiger partial charge on any atom is 0.227 e. The normalized spacial score (nSPS) is 24.9. The van der Waals surface area contributed by atoms with Crippen LogP contribution in [0.5, 0.6) is 0 Å². The Morgan fingerprint density at radius 2 is 1.27 bits per heavy atom. The zero-order valence-corrected chi connectivity index (χ0v) is 20.6. The highest BCUT2D eigenvalue weighted by Crippen LogP contribution is 2.64. The lowest BCUT2D eigenvalue weighted by Crippen LogP contribution is -2.60. The van der Waals surface area contributed by atoms with Crippen molar-refractivity contribution in [1.29, 1.82) is 21.0 Å². The van der Waals surface area contributed by atoms with E-state index in [9.17, 15) is 31.2 Å². The van der Waals surface area contributed by atoms with Crippen molar-refractivity contribution < 1.29 is 4.92 Å². The third kappa shape index (κ3) is 3.68.